The van der Waals surface area contributed by atoms with Crippen LogP contribution in [0.2, 0.25) is 0 Å². The largest absolute Gasteiger partial charge is 0.480 e. The lowest BCUT2D eigenvalue weighted by Gasteiger charge is -2.17. The molecule has 1 aliphatic heterocycles. The summed E-state index contributed by atoms with van der Waals surface area (Å²) >= 11 is 6.30. The summed E-state index contributed by atoms with van der Waals surface area (Å²) in [5.74, 6) is -1.90. The van der Waals surface area contributed by atoms with Crippen molar-refractivity contribution in [2.75, 3.05) is 7.05 Å². The van der Waals surface area contributed by atoms with Crippen molar-refractivity contribution in [1.29, 1.82) is 0 Å². The molecule has 1 aliphatic rings. The Morgan fingerprint density at radius 1 is 1.28 bits per heavy atom. The zero-order chi connectivity index (χ0) is 18.7. The van der Waals surface area contributed by atoms with Crippen LogP contribution in [0.15, 0.2) is 29.2 Å². The van der Waals surface area contributed by atoms with E-state index in [0.717, 1.165) is 5.56 Å². The minimum Gasteiger partial charge on any atom is -0.480 e. The first-order valence-electron chi connectivity index (χ1n) is 7.56. The minimum absolute atomic E-state index is 0.155. The van der Waals surface area contributed by atoms with Gasteiger partial charge in [-0.05, 0) is 29.7 Å². The molecule has 1 aromatic rings. The zero-order valence-corrected chi connectivity index (χ0v) is 15.6. The number of carboxylic acids is 1. The van der Waals surface area contributed by atoms with Crippen molar-refractivity contribution in [1.82, 2.24) is 10.2 Å². The van der Waals surface area contributed by atoms with Gasteiger partial charge in [0.15, 0.2) is 0 Å². The molecular weight excluding hydrogens is 360 g/mol. The number of thioether (sulfide) groups is 1. The molecule has 1 saturated heterocycles. The smallest absolute Gasteiger partial charge is 0.326 e. The van der Waals surface area contributed by atoms with Crippen LogP contribution < -0.4 is 5.32 Å². The van der Waals surface area contributed by atoms with Crippen molar-refractivity contribution >= 4 is 52.2 Å². The molecule has 1 heterocycles. The first-order chi connectivity index (χ1) is 11.7. The Labute approximate surface area is 155 Å². The second-order valence-corrected chi connectivity index (χ2v) is 7.57. The number of nitrogens with one attached hydrogen (secondary N) is 1. The van der Waals surface area contributed by atoms with Gasteiger partial charge in [0.1, 0.15) is 10.4 Å². The quantitative estimate of drug-likeness (QED) is 0.604. The molecule has 6 nitrogen and oxygen atoms in total. The maximum atomic E-state index is 12.2. The van der Waals surface area contributed by atoms with Gasteiger partial charge in [0, 0.05) is 12.6 Å². The van der Waals surface area contributed by atoms with E-state index in [1.54, 1.807) is 51.2 Å². The average Bonchev–Trinajstić information content (AvgIpc) is 2.79. The number of carbonyl (C=O) groups is 3. The van der Waals surface area contributed by atoms with Crippen molar-refractivity contribution in [3.63, 3.8) is 0 Å². The molecule has 25 heavy (non-hydrogen) atoms. The Morgan fingerprint density at radius 3 is 2.32 bits per heavy atom. The van der Waals surface area contributed by atoms with E-state index in [-0.39, 0.29) is 11.8 Å². The summed E-state index contributed by atoms with van der Waals surface area (Å²) in [6.45, 7) is 3.46. The summed E-state index contributed by atoms with van der Waals surface area (Å²) in [6, 6.07) is 5.63. The molecule has 1 fully saturated rings. The first-order valence-corrected chi connectivity index (χ1v) is 8.78. The van der Waals surface area contributed by atoms with Crippen LogP contribution in [0.4, 0.5) is 0 Å². The summed E-state index contributed by atoms with van der Waals surface area (Å²) in [5.41, 5.74) is 1.11. The number of hydrogen-bond donors (Lipinski definition) is 2. The summed E-state index contributed by atoms with van der Waals surface area (Å²) in [6.07, 6.45) is 1.71. The van der Waals surface area contributed by atoms with Crippen molar-refractivity contribution in [3.8, 4) is 0 Å². The van der Waals surface area contributed by atoms with E-state index < -0.39 is 17.9 Å². The third-order valence-corrected chi connectivity index (χ3v) is 5.16. The van der Waals surface area contributed by atoms with Gasteiger partial charge in [0.2, 0.25) is 0 Å². The van der Waals surface area contributed by atoms with Gasteiger partial charge in [-0.2, -0.15) is 0 Å². The third kappa shape index (κ3) is 4.46. The van der Waals surface area contributed by atoms with E-state index in [2.05, 4.69) is 5.32 Å². The molecule has 0 aromatic heterocycles. The van der Waals surface area contributed by atoms with Crippen LogP contribution in [-0.4, -0.2) is 45.2 Å². The van der Waals surface area contributed by atoms with Gasteiger partial charge in [-0.15, -0.1) is 0 Å². The molecule has 0 aliphatic carbocycles. The van der Waals surface area contributed by atoms with Gasteiger partial charge in [0.25, 0.3) is 11.8 Å². The van der Waals surface area contributed by atoms with Crippen molar-refractivity contribution in [2.45, 2.75) is 19.9 Å². The number of carboxylic acid groups (broad SMARTS) is 1. The fraction of sp³-hybridized carbons (Fsp3) is 0.294. The highest BCUT2D eigenvalue weighted by Gasteiger charge is 2.28. The molecule has 1 atom stereocenters. The number of aliphatic carboxylic acids is 1. The van der Waals surface area contributed by atoms with E-state index in [4.69, 9.17) is 17.3 Å². The summed E-state index contributed by atoms with van der Waals surface area (Å²) < 4.78 is 0.501. The van der Waals surface area contributed by atoms with Crippen LogP contribution in [0.25, 0.3) is 6.08 Å². The van der Waals surface area contributed by atoms with Gasteiger partial charge in [0.05, 0.1) is 4.91 Å². The molecule has 2 rings (SSSR count). The Hall–Kier alpha value is -2.19. The molecule has 0 bridgehead atoms. The van der Waals surface area contributed by atoms with E-state index in [9.17, 15) is 14.4 Å². The number of carbonyl (C=O) groups excluding carboxylic acids is 2. The van der Waals surface area contributed by atoms with Crippen LogP contribution in [0.3, 0.4) is 0 Å². The van der Waals surface area contributed by atoms with E-state index in [0.29, 0.717) is 14.8 Å². The maximum Gasteiger partial charge on any atom is 0.326 e. The Kier molecular flexibility index (Phi) is 5.97. The molecule has 2 amide bonds. The standard InChI is InChI=1S/C17H18N2O4S2/c1-9(2)13(16(22)23)18-14(20)11-6-4-10(5-7-11)8-12-15(21)19(3)17(24)25-12/h4-9,13H,1-3H3,(H,18,20)(H,22,23). The van der Waals surface area contributed by atoms with Crippen molar-refractivity contribution < 1.29 is 19.5 Å². The van der Waals surface area contributed by atoms with Crippen LogP contribution in [0.5, 0.6) is 0 Å². The van der Waals surface area contributed by atoms with E-state index >= 15 is 0 Å². The first kappa shape index (κ1) is 19.1. The molecule has 8 heteroatoms. The average molecular weight is 378 g/mol. The SMILES string of the molecule is CC(C)C(NC(=O)c1ccc(C=C2SC(=S)N(C)C2=O)cc1)C(=O)O. The lowest BCUT2D eigenvalue weighted by atomic mass is 10.0. The molecular formula is C17H18N2O4S2. The van der Waals surface area contributed by atoms with Gasteiger partial charge < -0.3 is 10.4 Å². The molecule has 1 aromatic carbocycles. The zero-order valence-electron chi connectivity index (χ0n) is 14.0. The minimum atomic E-state index is -1.07. The number of nitrogens with zero attached hydrogens (tertiary/aromatic N) is 1. The van der Waals surface area contributed by atoms with Crippen LogP contribution >= 0.6 is 24.0 Å². The normalized spacial score (nSPS) is 17.3. The van der Waals surface area contributed by atoms with E-state index in [1.807, 2.05) is 0 Å². The Balaban J connectivity index is 2.12. The number of benzene rings is 1. The molecule has 0 spiro atoms. The Bertz CT molecular complexity index is 756. The lowest BCUT2D eigenvalue weighted by Crippen LogP contribution is -2.44. The predicted octanol–water partition coefficient (Wildman–Crippen LogP) is 2.36. The fourth-order valence-corrected chi connectivity index (χ4v) is 3.35. The highest BCUT2D eigenvalue weighted by atomic mass is 32.2. The van der Waals surface area contributed by atoms with Gasteiger partial charge in [-0.25, -0.2) is 4.79 Å². The summed E-state index contributed by atoms with van der Waals surface area (Å²) in [4.78, 5) is 37.3. The number of hydrogen-bond acceptors (Lipinski definition) is 5. The highest BCUT2D eigenvalue weighted by Crippen LogP contribution is 2.31. The predicted molar refractivity (Wildman–Crippen MR) is 101 cm³/mol. The summed E-state index contributed by atoms with van der Waals surface area (Å²) in [7, 11) is 1.62. The second-order valence-electron chi connectivity index (χ2n) is 5.90. The molecule has 0 radical (unpaired) electrons. The number of rotatable bonds is 5. The van der Waals surface area contributed by atoms with Crippen LogP contribution in [0.1, 0.15) is 29.8 Å². The molecule has 0 saturated carbocycles. The topological polar surface area (TPSA) is 86.7 Å². The van der Waals surface area contributed by atoms with Crippen LogP contribution in [-0.2, 0) is 9.59 Å². The fourth-order valence-electron chi connectivity index (χ4n) is 2.17. The second kappa shape index (κ2) is 7.79. The maximum absolute atomic E-state index is 12.2. The third-order valence-electron chi connectivity index (χ3n) is 3.68. The number of likely N-dealkylation sites (N-methyl/N-ethyl adjacent to an activating group) is 1. The number of amides is 2. The molecule has 132 valence electrons. The number of thiocarbonyl (C=S) groups is 1. The van der Waals surface area contributed by atoms with Crippen molar-refractivity contribution in [3.05, 3.63) is 40.3 Å². The highest BCUT2D eigenvalue weighted by molar-refractivity contribution is 8.26. The van der Waals surface area contributed by atoms with Gasteiger partial charge in [-0.1, -0.05) is 50.0 Å². The molecule has 1 unspecified atom stereocenters. The Morgan fingerprint density at radius 2 is 1.88 bits per heavy atom. The van der Waals surface area contributed by atoms with Gasteiger partial charge in [-0.3, -0.25) is 14.5 Å². The molecule has 2 N–H and O–H groups in total. The van der Waals surface area contributed by atoms with Gasteiger partial charge >= 0.3 is 5.97 Å². The summed E-state index contributed by atoms with van der Waals surface area (Å²) in [5, 5.41) is 11.6. The van der Waals surface area contributed by atoms with E-state index in [1.165, 1.54) is 16.7 Å². The monoisotopic (exact) mass is 378 g/mol. The van der Waals surface area contributed by atoms with Crippen LogP contribution in [0, 0.1) is 5.92 Å². The lowest BCUT2D eigenvalue weighted by molar-refractivity contribution is -0.140. The van der Waals surface area contributed by atoms with Crippen molar-refractivity contribution in [2.24, 2.45) is 5.92 Å².